The van der Waals surface area contributed by atoms with Crippen molar-refractivity contribution in [2.75, 3.05) is 14.1 Å². The molecule has 128 valence electrons. The van der Waals surface area contributed by atoms with Crippen LogP contribution in [0.1, 0.15) is 18.5 Å². The Kier molecular flexibility index (Phi) is 3.78. The Balaban J connectivity index is 2.01. The third kappa shape index (κ3) is 2.41. The summed E-state index contributed by atoms with van der Waals surface area (Å²) in [6.07, 6.45) is -0.433. The molecule has 1 aromatic carbocycles. The summed E-state index contributed by atoms with van der Waals surface area (Å²) in [5.41, 5.74) is 0.796. The van der Waals surface area contributed by atoms with E-state index in [1.165, 1.54) is 17.0 Å². The summed E-state index contributed by atoms with van der Waals surface area (Å²) >= 11 is 0. The first-order valence-electron chi connectivity index (χ1n) is 7.62. The van der Waals surface area contributed by atoms with Crippen LogP contribution < -0.4 is 10.6 Å². The van der Waals surface area contributed by atoms with Gasteiger partial charge in [-0.15, -0.1) is 0 Å². The monoisotopic (exact) mass is 333 g/mol. The van der Waals surface area contributed by atoms with Crippen molar-refractivity contribution in [3.8, 4) is 0 Å². The summed E-state index contributed by atoms with van der Waals surface area (Å²) in [6, 6.07) is 5.20. The SMILES string of the molecule is C[C@H]1NC(=O)N(C)[C@@H]2NC(=O)N(C)[C@@H](c3ccc([N+](=O)[O-])cc3)[C@@H]21. The van der Waals surface area contributed by atoms with E-state index in [2.05, 4.69) is 10.6 Å². The van der Waals surface area contributed by atoms with E-state index in [1.54, 1.807) is 31.1 Å². The van der Waals surface area contributed by atoms with Gasteiger partial charge >= 0.3 is 12.1 Å². The van der Waals surface area contributed by atoms with Crippen LogP contribution in [0.15, 0.2) is 24.3 Å². The lowest BCUT2D eigenvalue weighted by Crippen LogP contribution is -2.71. The zero-order valence-electron chi connectivity index (χ0n) is 13.6. The molecule has 4 atom stereocenters. The topological polar surface area (TPSA) is 108 Å². The molecule has 4 amide bonds. The minimum atomic E-state index is -0.457. The number of nitro benzene ring substituents is 1. The standard InChI is InChI=1S/C15H19N5O4/c1-8-11-12(9-4-6-10(7-5-9)20(23)24)18(2)15(22)17-13(11)19(3)14(21)16-8/h4-8,11-13H,1-3H3,(H,16,21)(H,17,22)/t8-,11+,12+,13+/m1/s1. The maximum atomic E-state index is 12.3. The van der Waals surface area contributed by atoms with Gasteiger partial charge in [0.15, 0.2) is 0 Å². The van der Waals surface area contributed by atoms with E-state index >= 15 is 0 Å². The van der Waals surface area contributed by atoms with Crippen molar-refractivity contribution < 1.29 is 14.5 Å². The Labute approximate surface area is 138 Å². The first-order valence-corrected chi connectivity index (χ1v) is 7.62. The average Bonchev–Trinajstić information content (AvgIpc) is 2.54. The summed E-state index contributed by atoms with van der Waals surface area (Å²) in [7, 11) is 3.32. The number of carbonyl (C=O) groups is 2. The molecule has 2 fully saturated rings. The van der Waals surface area contributed by atoms with Crippen molar-refractivity contribution in [3.05, 3.63) is 39.9 Å². The highest BCUT2D eigenvalue weighted by Crippen LogP contribution is 2.38. The predicted molar refractivity (Wildman–Crippen MR) is 85.2 cm³/mol. The van der Waals surface area contributed by atoms with Gasteiger partial charge in [-0.05, 0) is 12.5 Å². The Bertz CT molecular complexity index is 692. The molecular weight excluding hydrogens is 314 g/mol. The van der Waals surface area contributed by atoms with Crippen LogP contribution in [0.25, 0.3) is 0 Å². The van der Waals surface area contributed by atoms with Crippen molar-refractivity contribution in [1.29, 1.82) is 0 Å². The number of urea groups is 2. The van der Waals surface area contributed by atoms with Gasteiger partial charge in [0, 0.05) is 38.2 Å². The van der Waals surface area contributed by atoms with Crippen LogP contribution in [0.5, 0.6) is 0 Å². The Morgan fingerprint density at radius 1 is 1.04 bits per heavy atom. The molecule has 0 aliphatic carbocycles. The second-order valence-corrected chi connectivity index (χ2v) is 6.23. The van der Waals surface area contributed by atoms with Gasteiger partial charge in [0.25, 0.3) is 5.69 Å². The van der Waals surface area contributed by atoms with E-state index in [1.807, 2.05) is 6.92 Å². The van der Waals surface area contributed by atoms with Gasteiger partial charge < -0.3 is 20.4 Å². The first kappa shape index (κ1) is 16.0. The van der Waals surface area contributed by atoms with E-state index < -0.39 is 11.1 Å². The third-order valence-electron chi connectivity index (χ3n) is 4.85. The van der Waals surface area contributed by atoms with Gasteiger partial charge in [0.2, 0.25) is 0 Å². The zero-order valence-corrected chi connectivity index (χ0v) is 13.6. The molecule has 2 heterocycles. The van der Waals surface area contributed by atoms with Crippen molar-refractivity contribution >= 4 is 17.7 Å². The predicted octanol–water partition coefficient (Wildman–Crippen LogP) is 1.28. The van der Waals surface area contributed by atoms with Crippen molar-refractivity contribution in [3.63, 3.8) is 0 Å². The molecule has 3 rings (SSSR count). The second kappa shape index (κ2) is 5.66. The van der Waals surface area contributed by atoms with E-state index in [-0.39, 0.29) is 35.8 Å². The van der Waals surface area contributed by atoms with Gasteiger partial charge in [-0.2, -0.15) is 0 Å². The molecule has 2 aliphatic heterocycles. The highest BCUT2D eigenvalue weighted by Gasteiger charge is 2.49. The summed E-state index contributed by atoms with van der Waals surface area (Å²) in [6.45, 7) is 1.90. The van der Waals surface area contributed by atoms with E-state index in [0.29, 0.717) is 0 Å². The molecule has 0 saturated carbocycles. The van der Waals surface area contributed by atoms with Gasteiger partial charge in [-0.1, -0.05) is 12.1 Å². The number of nitrogens with one attached hydrogen (secondary N) is 2. The number of hydrogen-bond donors (Lipinski definition) is 2. The fourth-order valence-corrected chi connectivity index (χ4v) is 3.54. The van der Waals surface area contributed by atoms with E-state index in [0.717, 1.165) is 5.56 Å². The van der Waals surface area contributed by atoms with Crippen LogP contribution in [0.2, 0.25) is 0 Å². The minimum Gasteiger partial charge on any atom is -0.335 e. The summed E-state index contributed by atoms with van der Waals surface area (Å²) in [4.78, 5) is 37.7. The molecule has 2 saturated heterocycles. The van der Waals surface area contributed by atoms with Crippen molar-refractivity contribution in [2.45, 2.75) is 25.2 Å². The minimum absolute atomic E-state index is 0.000303. The molecule has 24 heavy (non-hydrogen) atoms. The Hall–Kier alpha value is -2.84. The van der Waals surface area contributed by atoms with Crippen LogP contribution in [-0.2, 0) is 0 Å². The van der Waals surface area contributed by atoms with Gasteiger partial charge in [0.05, 0.1) is 11.0 Å². The van der Waals surface area contributed by atoms with Crippen LogP contribution in [0.4, 0.5) is 15.3 Å². The number of carbonyl (C=O) groups excluding carboxylic acids is 2. The van der Waals surface area contributed by atoms with Gasteiger partial charge in [0.1, 0.15) is 6.17 Å². The third-order valence-corrected chi connectivity index (χ3v) is 4.85. The lowest BCUT2D eigenvalue weighted by Gasteiger charge is -2.52. The molecule has 0 unspecified atom stereocenters. The molecule has 9 nitrogen and oxygen atoms in total. The van der Waals surface area contributed by atoms with Crippen molar-refractivity contribution in [2.24, 2.45) is 5.92 Å². The number of nitro groups is 1. The average molecular weight is 333 g/mol. The molecular formula is C15H19N5O4. The number of nitrogens with zero attached hydrogens (tertiary/aromatic N) is 3. The quantitative estimate of drug-likeness (QED) is 0.628. The maximum Gasteiger partial charge on any atom is 0.319 e. The largest absolute Gasteiger partial charge is 0.335 e. The summed E-state index contributed by atoms with van der Waals surface area (Å²) in [5, 5.41) is 16.6. The lowest BCUT2D eigenvalue weighted by molar-refractivity contribution is -0.384. The Morgan fingerprint density at radius 3 is 2.21 bits per heavy atom. The molecule has 0 spiro atoms. The molecule has 9 heteroatoms. The fourth-order valence-electron chi connectivity index (χ4n) is 3.54. The molecule has 2 N–H and O–H groups in total. The van der Waals surface area contributed by atoms with Crippen LogP contribution >= 0.6 is 0 Å². The zero-order chi connectivity index (χ0) is 17.6. The fraction of sp³-hybridized carbons (Fsp3) is 0.467. The maximum absolute atomic E-state index is 12.3. The summed E-state index contributed by atoms with van der Waals surface area (Å²) in [5.74, 6) is -0.100. The first-order chi connectivity index (χ1) is 11.3. The number of fused-ring (bicyclic) bond motifs is 1. The second-order valence-electron chi connectivity index (χ2n) is 6.23. The van der Waals surface area contributed by atoms with Crippen LogP contribution in [-0.4, -0.2) is 53.1 Å². The van der Waals surface area contributed by atoms with Gasteiger partial charge in [-0.3, -0.25) is 10.1 Å². The smallest absolute Gasteiger partial charge is 0.319 e. The molecule has 0 radical (unpaired) electrons. The van der Waals surface area contributed by atoms with Crippen LogP contribution in [0.3, 0.4) is 0 Å². The number of non-ortho nitro benzene ring substituents is 1. The number of rotatable bonds is 2. The summed E-state index contributed by atoms with van der Waals surface area (Å²) < 4.78 is 0. The number of hydrogen-bond acceptors (Lipinski definition) is 4. The Morgan fingerprint density at radius 2 is 1.62 bits per heavy atom. The van der Waals surface area contributed by atoms with Gasteiger partial charge in [-0.25, -0.2) is 9.59 Å². The molecule has 0 bridgehead atoms. The number of benzene rings is 1. The molecule has 1 aromatic rings. The normalized spacial score (nSPS) is 29.6. The highest BCUT2D eigenvalue weighted by molar-refractivity contribution is 5.80. The van der Waals surface area contributed by atoms with E-state index in [4.69, 9.17) is 0 Å². The molecule has 2 aliphatic rings. The van der Waals surface area contributed by atoms with E-state index in [9.17, 15) is 19.7 Å². The number of amides is 4. The highest BCUT2D eigenvalue weighted by atomic mass is 16.6. The van der Waals surface area contributed by atoms with Crippen LogP contribution in [0, 0.1) is 16.0 Å². The molecule has 0 aromatic heterocycles. The van der Waals surface area contributed by atoms with Crippen molar-refractivity contribution in [1.82, 2.24) is 20.4 Å². The lowest BCUT2D eigenvalue weighted by atomic mass is 9.81.